The van der Waals surface area contributed by atoms with Crippen molar-refractivity contribution in [3.8, 4) is 0 Å². The molecule has 5 nitrogen and oxygen atoms in total. The van der Waals surface area contributed by atoms with Crippen molar-refractivity contribution in [2.45, 2.75) is 33.4 Å². The standard InChI is InChI=1S/C14H18N4O/c1-10(2)18-8-7-15-13(14(18)19)16-9-12-6-4-5-11(3)17-12/h4-8,10H,9H2,1-3H3,(H,15,16). The Morgan fingerprint density at radius 2 is 2.16 bits per heavy atom. The summed E-state index contributed by atoms with van der Waals surface area (Å²) in [5.74, 6) is 0.361. The number of aryl methyl sites for hydroxylation is 1. The summed E-state index contributed by atoms with van der Waals surface area (Å²) in [6.45, 7) is 6.36. The Morgan fingerprint density at radius 1 is 1.37 bits per heavy atom. The van der Waals surface area contributed by atoms with Crippen LogP contribution in [0.5, 0.6) is 0 Å². The summed E-state index contributed by atoms with van der Waals surface area (Å²) < 4.78 is 1.65. The largest absolute Gasteiger partial charge is 0.360 e. The lowest BCUT2D eigenvalue weighted by Crippen LogP contribution is -2.25. The molecule has 0 fully saturated rings. The third-order valence-electron chi connectivity index (χ3n) is 2.81. The number of aromatic nitrogens is 3. The summed E-state index contributed by atoms with van der Waals surface area (Å²) >= 11 is 0. The molecule has 5 heteroatoms. The topological polar surface area (TPSA) is 59.8 Å². The van der Waals surface area contributed by atoms with E-state index in [2.05, 4.69) is 15.3 Å². The van der Waals surface area contributed by atoms with Crippen molar-refractivity contribution in [2.75, 3.05) is 5.32 Å². The van der Waals surface area contributed by atoms with Gasteiger partial charge in [-0.05, 0) is 32.9 Å². The van der Waals surface area contributed by atoms with Crippen molar-refractivity contribution in [2.24, 2.45) is 0 Å². The molecule has 1 N–H and O–H groups in total. The Morgan fingerprint density at radius 3 is 2.84 bits per heavy atom. The summed E-state index contributed by atoms with van der Waals surface area (Å²) in [6.07, 6.45) is 3.33. The molecule has 0 unspecified atom stereocenters. The van der Waals surface area contributed by atoms with Crippen LogP contribution in [0.1, 0.15) is 31.3 Å². The lowest BCUT2D eigenvalue weighted by atomic mass is 10.3. The zero-order valence-corrected chi connectivity index (χ0v) is 11.4. The van der Waals surface area contributed by atoms with Crippen LogP contribution in [0.2, 0.25) is 0 Å². The number of hydrogen-bond acceptors (Lipinski definition) is 4. The molecule has 2 heterocycles. The number of hydrogen-bond donors (Lipinski definition) is 1. The molecule has 0 spiro atoms. The van der Waals surface area contributed by atoms with Crippen molar-refractivity contribution in [1.29, 1.82) is 0 Å². The fraction of sp³-hybridized carbons (Fsp3) is 0.357. The summed E-state index contributed by atoms with van der Waals surface area (Å²) in [7, 11) is 0. The normalized spacial score (nSPS) is 10.7. The average molecular weight is 258 g/mol. The quantitative estimate of drug-likeness (QED) is 0.912. The first kappa shape index (κ1) is 13.3. The maximum absolute atomic E-state index is 12.1. The van der Waals surface area contributed by atoms with Gasteiger partial charge in [-0.2, -0.15) is 0 Å². The van der Waals surface area contributed by atoms with Crippen LogP contribution >= 0.6 is 0 Å². The molecule has 0 bridgehead atoms. The highest BCUT2D eigenvalue weighted by Crippen LogP contribution is 2.04. The average Bonchev–Trinajstić information content (AvgIpc) is 2.37. The minimum absolute atomic E-state index is 0.106. The highest BCUT2D eigenvalue weighted by atomic mass is 16.1. The van der Waals surface area contributed by atoms with E-state index < -0.39 is 0 Å². The molecular formula is C14H18N4O. The molecule has 2 aromatic rings. The zero-order valence-electron chi connectivity index (χ0n) is 11.4. The first-order chi connectivity index (χ1) is 9.08. The molecule has 0 amide bonds. The minimum Gasteiger partial charge on any atom is -0.360 e. The molecule has 0 aromatic carbocycles. The van der Waals surface area contributed by atoms with Gasteiger partial charge in [0.05, 0.1) is 12.2 Å². The predicted octanol–water partition coefficient (Wildman–Crippen LogP) is 2.14. The van der Waals surface area contributed by atoms with E-state index >= 15 is 0 Å². The van der Waals surface area contributed by atoms with E-state index in [1.165, 1.54) is 0 Å². The van der Waals surface area contributed by atoms with E-state index in [1.54, 1.807) is 17.0 Å². The van der Waals surface area contributed by atoms with Gasteiger partial charge in [0.15, 0.2) is 5.82 Å². The van der Waals surface area contributed by atoms with Gasteiger partial charge in [-0.15, -0.1) is 0 Å². The van der Waals surface area contributed by atoms with Crippen LogP contribution in [0.25, 0.3) is 0 Å². The summed E-state index contributed by atoms with van der Waals surface area (Å²) in [5, 5.41) is 3.04. The molecule has 0 saturated heterocycles. The molecule has 0 aliphatic heterocycles. The van der Waals surface area contributed by atoms with Crippen LogP contribution in [-0.2, 0) is 6.54 Å². The molecule has 0 aliphatic rings. The molecule has 0 aliphatic carbocycles. The van der Waals surface area contributed by atoms with Crippen LogP contribution in [0, 0.1) is 6.92 Å². The highest BCUT2D eigenvalue weighted by molar-refractivity contribution is 5.31. The Kier molecular flexibility index (Phi) is 3.94. The second-order valence-electron chi connectivity index (χ2n) is 4.71. The van der Waals surface area contributed by atoms with Crippen LogP contribution in [0.3, 0.4) is 0 Å². The van der Waals surface area contributed by atoms with E-state index in [-0.39, 0.29) is 11.6 Å². The van der Waals surface area contributed by atoms with Gasteiger partial charge in [0.2, 0.25) is 0 Å². The number of anilines is 1. The molecule has 2 rings (SSSR count). The van der Waals surface area contributed by atoms with Gasteiger partial charge in [-0.1, -0.05) is 6.07 Å². The zero-order chi connectivity index (χ0) is 13.8. The van der Waals surface area contributed by atoms with Gasteiger partial charge >= 0.3 is 0 Å². The minimum atomic E-state index is -0.106. The molecule has 0 atom stereocenters. The van der Waals surface area contributed by atoms with Gasteiger partial charge in [-0.3, -0.25) is 9.78 Å². The number of pyridine rings is 1. The fourth-order valence-electron chi connectivity index (χ4n) is 1.83. The molecule has 0 saturated carbocycles. The van der Waals surface area contributed by atoms with E-state index in [4.69, 9.17) is 0 Å². The van der Waals surface area contributed by atoms with Crippen LogP contribution < -0.4 is 10.9 Å². The number of rotatable bonds is 4. The third-order valence-corrected chi connectivity index (χ3v) is 2.81. The second-order valence-corrected chi connectivity index (χ2v) is 4.71. The summed E-state index contributed by atoms with van der Waals surface area (Å²) in [5.41, 5.74) is 1.74. The summed E-state index contributed by atoms with van der Waals surface area (Å²) in [4.78, 5) is 20.6. The Hall–Kier alpha value is -2.17. The van der Waals surface area contributed by atoms with Crippen LogP contribution in [0.15, 0.2) is 35.4 Å². The SMILES string of the molecule is Cc1cccc(CNc2nccn(C(C)C)c2=O)n1. The van der Waals surface area contributed by atoms with Gasteiger partial charge in [0.25, 0.3) is 5.56 Å². The molecule has 100 valence electrons. The van der Waals surface area contributed by atoms with E-state index in [1.807, 2.05) is 39.0 Å². The number of nitrogens with one attached hydrogen (secondary N) is 1. The van der Waals surface area contributed by atoms with Gasteiger partial charge in [0.1, 0.15) is 0 Å². The molecule has 0 radical (unpaired) electrons. The van der Waals surface area contributed by atoms with Crippen LogP contribution in [-0.4, -0.2) is 14.5 Å². The fourth-order valence-corrected chi connectivity index (χ4v) is 1.83. The summed E-state index contributed by atoms with van der Waals surface area (Å²) in [6, 6.07) is 5.93. The Balaban J connectivity index is 2.16. The van der Waals surface area contributed by atoms with E-state index in [0.29, 0.717) is 12.4 Å². The van der Waals surface area contributed by atoms with Crippen molar-refractivity contribution < 1.29 is 0 Å². The first-order valence-corrected chi connectivity index (χ1v) is 6.31. The monoisotopic (exact) mass is 258 g/mol. The van der Waals surface area contributed by atoms with Crippen molar-refractivity contribution >= 4 is 5.82 Å². The Labute approximate surface area is 112 Å². The van der Waals surface area contributed by atoms with E-state index in [0.717, 1.165) is 11.4 Å². The van der Waals surface area contributed by atoms with Crippen LogP contribution in [0.4, 0.5) is 5.82 Å². The van der Waals surface area contributed by atoms with Gasteiger partial charge in [0, 0.05) is 24.1 Å². The first-order valence-electron chi connectivity index (χ1n) is 6.31. The lowest BCUT2D eigenvalue weighted by molar-refractivity contribution is 0.575. The highest BCUT2D eigenvalue weighted by Gasteiger charge is 2.06. The third kappa shape index (κ3) is 3.19. The molecular weight excluding hydrogens is 240 g/mol. The smallest absolute Gasteiger partial charge is 0.293 e. The van der Waals surface area contributed by atoms with Gasteiger partial charge < -0.3 is 9.88 Å². The van der Waals surface area contributed by atoms with E-state index in [9.17, 15) is 4.79 Å². The maximum Gasteiger partial charge on any atom is 0.293 e. The predicted molar refractivity (Wildman–Crippen MR) is 75.2 cm³/mol. The van der Waals surface area contributed by atoms with Crippen molar-refractivity contribution in [3.63, 3.8) is 0 Å². The molecule has 19 heavy (non-hydrogen) atoms. The van der Waals surface area contributed by atoms with Crippen molar-refractivity contribution in [3.05, 3.63) is 52.3 Å². The van der Waals surface area contributed by atoms with Gasteiger partial charge in [-0.25, -0.2) is 4.98 Å². The second kappa shape index (κ2) is 5.65. The van der Waals surface area contributed by atoms with Crippen molar-refractivity contribution in [1.82, 2.24) is 14.5 Å². The molecule has 2 aromatic heterocycles. The Bertz CT molecular complexity index is 619. The lowest BCUT2D eigenvalue weighted by Gasteiger charge is -2.11. The number of nitrogens with zero attached hydrogens (tertiary/aromatic N) is 3. The maximum atomic E-state index is 12.1.